The molecule has 6 nitrogen and oxygen atoms in total. The van der Waals surface area contributed by atoms with E-state index in [9.17, 15) is 4.79 Å². The van der Waals surface area contributed by atoms with Gasteiger partial charge in [-0.3, -0.25) is 9.69 Å². The van der Waals surface area contributed by atoms with Crippen LogP contribution in [0.25, 0.3) is 0 Å². The summed E-state index contributed by atoms with van der Waals surface area (Å²) < 4.78 is 5.82. The first kappa shape index (κ1) is 13.5. The molecule has 0 aromatic carbocycles. The number of amides is 1. The number of morpholine rings is 1. The minimum Gasteiger partial charge on any atom is -0.375 e. The topological polar surface area (TPSA) is 67.3 Å². The van der Waals surface area contributed by atoms with Gasteiger partial charge in [0.1, 0.15) is 0 Å². The fraction of sp³-hybridized carbons (Fsp3) is 0.643. The van der Waals surface area contributed by atoms with Crippen molar-refractivity contribution in [2.75, 3.05) is 31.6 Å². The van der Waals surface area contributed by atoms with Crippen LogP contribution in [0.3, 0.4) is 0 Å². The highest BCUT2D eigenvalue weighted by molar-refractivity contribution is 5.91. The van der Waals surface area contributed by atoms with Gasteiger partial charge in [0, 0.05) is 19.3 Å². The average Bonchev–Trinajstić information content (AvgIpc) is 2.38. The molecule has 20 heavy (non-hydrogen) atoms. The first-order chi connectivity index (χ1) is 9.81. The van der Waals surface area contributed by atoms with Gasteiger partial charge in [-0.15, -0.1) is 5.10 Å². The van der Waals surface area contributed by atoms with Crippen LogP contribution in [0.5, 0.6) is 0 Å². The molecule has 0 spiro atoms. The second-order valence-electron chi connectivity index (χ2n) is 5.49. The molecule has 1 aromatic rings. The van der Waals surface area contributed by atoms with E-state index in [1.807, 2.05) is 0 Å². The maximum atomic E-state index is 12.0. The van der Waals surface area contributed by atoms with Crippen molar-refractivity contribution >= 4 is 11.7 Å². The lowest BCUT2D eigenvalue weighted by Crippen LogP contribution is -2.49. The van der Waals surface area contributed by atoms with E-state index in [0.717, 1.165) is 19.7 Å². The third-order valence-electron chi connectivity index (χ3n) is 4.06. The first-order valence-electron chi connectivity index (χ1n) is 7.23. The number of hydrogen-bond acceptors (Lipinski definition) is 5. The van der Waals surface area contributed by atoms with E-state index in [1.165, 1.54) is 19.3 Å². The third kappa shape index (κ3) is 3.32. The molecule has 1 N–H and O–H groups in total. The zero-order valence-corrected chi connectivity index (χ0v) is 11.5. The van der Waals surface area contributed by atoms with Gasteiger partial charge in [-0.1, -0.05) is 6.42 Å². The highest BCUT2D eigenvalue weighted by atomic mass is 16.5. The van der Waals surface area contributed by atoms with Crippen LogP contribution in [-0.2, 0) is 9.53 Å². The molecule has 1 aromatic heterocycles. The van der Waals surface area contributed by atoms with Crippen LogP contribution in [0.4, 0.5) is 5.82 Å². The fourth-order valence-electron chi connectivity index (χ4n) is 2.73. The van der Waals surface area contributed by atoms with Crippen molar-refractivity contribution in [3.63, 3.8) is 0 Å². The Morgan fingerprint density at radius 1 is 1.50 bits per heavy atom. The van der Waals surface area contributed by atoms with Gasteiger partial charge in [-0.2, -0.15) is 5.10 Å². The Morgan fingerprint density at radius 3 is 3.10 bits per heavy atom. The van der Waals surface area contributed by atoms with Gasteiger partial charge in [0.15, 0.2) is 5.82 Å². The summed E-state index contributed by atoms with van der Waals surface area (Å²) in [6, 6.07) is 3.49. The number of aromatic nitrogens is 2. The van der Waals surface area contributed by atoms with Gasteiger partial charge >= 0.3 is 0 Å². The summed E-state index contributed by atoms with van der Waals surface area (Å²) in [5, 5.41) is 10.4. The molecule has 1 saturated carbocycles. The van der Waals surface area contributed by atoms with Gasteiger partial charge in [0.25, 0.3) is 0 Å². The molecule has 0 radical (unpaired) electrons. The summed E-state index contributed by atoms with van der Waals surface area (Å²) >= 11 is 0. The van der Waals surface area contributed by atoms with Crippen LogP contribution >= 0.6 is 0 Å². The summed E-state index contributed by atoms with van der Waals surface area (Å²) in [5.74, 6) is 1.15. The Balaban J connectivity index is 1.48. The lowest BCUT2D eigenvalue weighted by Gasteiger charge is -2.40. The van der Waals surface area contributed by atoms with Crippen molar-refractivity contribution in [1.82, 2.24) is 15.1 Å². The highest BCUT2D eigenvalue weighted by Gasteiger charge is 2.32. The van der Waals surface area contributed by atoms with Gasteiger partial charge in [-0.05, 0) is 30.9 Å². The Kier molecular flexibility index (Phi) is 4.22. The molecule has 1 saturated heterocycles. The molecule has 6 heteroatoms. The predicted octanol–water partition coefficient (Wildman–Crippen LogP) is 0.916. The number of nitrogens with one attached hydrogen (secondary N) is 1. The Morgan fingerprint density at radius 2 is 2.40 bits per heavy atom. The first-order valence-corrected chi connectivity index (χ1v) is 7.23. The van der Waals surface area contributed by atoms with Crippen LogP contribution in [0.2, 0.25) is 0 Å². The van der Waals surface area contributed by atoms with E-state index in [-0.39, 0.29) is 5.91 Å². The largest absolute Gasteiger partial charge is 0.375 e. The molecule has 1 amide bonds. The second kappa shape index (κ2) is 6.28. The fourth-order valence-corrected chi connectivity index (χ4v) is 2.73. The summed E-state index contributed by atoms with van der Waals surface area (Å²) in [5.41, 5.74) is 0. The Hall–Kier alpha value is -1.53. The number of carbonyl (C=O) groups excluding carboxylic acids is 1. The van der Waals surface area contributed by atoms with Crippen LogP contribution in [0.15, 0.2) is 18.3 Å². The Bertz CT molecular complexity index is 450. The SMILES string of the molecule is O=C(CN1CCOC(C2CCC2)C1)Nc1cccnn1. The van der Waals surface area contributed by atoms with Gasteiger partial charge in [0.05, 0.1) is 19.3 Å². The van der Waals surface area contributed by atoms with Crippen molar-refractivity contribution in [1.29, 1.82) is 0 Å². The third-order valence-corrected chi connectivity index (χ3v) is 4.06. The highest BCUT2D eigenvalue weighted by Crippen LogP contribution is 2.32. The molecule has 108 valence electrons. The number of rotatable bonds is 4. The second-order valence-corrected chi connectivity index (χ2v) is 5.49. The minimum absolute atomic E-state index is 0.0419. The zero-order chi connectivity index (χ0) is 13.8. The van der Waals surface area contributed by atoms with Gasteiger partial charge in [0.2, 0.25) is 5.91 Å². The number of anilines is 1. The van der Waals surface area contributed by atoms with Crippen molar-refractivity contribution < 1.29 is 9.53 Å². The summed E-state index contributed by atoms with van der Waals surface area (Å²) in [7, 11) is 0. The summed E-state index contributed by atoms with van der Waals surface area (Å²) in [4.78, 5) is 14.1. The van der Waals surface area contributed by atoms with Crippen LogP contribution in [-0.4, -0.2) is 53.3 Å². The molecular weight excluding hydrogens is 256 g/mol. The summed E-state index contributed by atoms with van der Waals surface area (Å²) in [6.07, 6.45) is 5.74. The quantitative estimate of drug-likeness (QED) is 0.885. The number of nitrogens with zero attached hydrogens (tertiary/aromatic N) is 3. The Labute approximate surface area is 118 Å². The van der Waals surface area contributed by atoms with Crippen molar-refractivity contribution in [3.05, 3.63) is 18.3 Å². The number of carbonyl (C=O) groups is 1. The molecule has 1 unspecified atom stereocenters. The van der Waals surface area contributed by atoms with Gasteiger partial charge < -0.3 is 10.1 Å². The van der Waals surface area contributed by atoms with E-state index in [2.05, 4.69) is 20.4 Å². The average molecular weight is 276 g/mol. The lowest BCUT2D eigenvalue weighted by molar-refractivity contribution is -0.121. The maximum absolute atomic E-state index is 12.0. The van der Waals surface area contributed by atoms with Crippen molar-refractivity contribution in [2.45, 2.75) is 25.4 Å². The molecule has 1 aliphatic carbocycles. The van der Waals surface area contributed by atoms with E-state index in [0.29, 0.717) is 24.4 Å². The maximum Gasteiger partial charge on any atom is 0.239 e. The van der Waals surface area contributed by atoms with Crippen LogP contribution < -0.4 is 5.32 Å². The zero-order valence-electron chi connectivity index (χ0n) is 11.5. The molecular formula is C14H20N4O2. The van der Waals surface area contributed by atoms with E-state index in [4.69, 9.17) is 4.74 Å². The summed E-state index contributed by atoms with van der Waals surface area (Å²) in [6.45, 7) is 2.79. The van der Waals surface area contributed by atoms with Crippen LogP contribution in [0.1, 0.15) is 19.3 Å². The van der Waals surface area contributed by atoms with Gasteiger partial charge in [-0.25, -0.2) is 0 Å². The molecule has 0 bridgehead atoms. The molecule has 1 aliphatic heterocycles. The molecule has 2 fully saturated rings. The predicted molar refractivity (Wildman–Crippen MR) is 74.2 cm³/mol. The minimum atomic E-state index is -0.0419. The van der Waals surface area contributed by atoms with Crippen LogP contribution in [0, 0.1) is 5.92 Å². The van der Waals surface area contributed by atoms with E-state index in [1.54, 1.807) is 18.3 Å². The van der Waals surface area contributed by atoms with E-state index < -0.39 is 0 Å². The van der Waals surface area contributed by atoms with Crippen molar-refractivity contribution in [3.8, 4) is 0 Å². The normalized spacial score (nSPS) is 24.1. The standard InChI is InChI=1S/C14H20N4O2/c19-14(16-13-5-2-6-15-17-13)10-18-7-8-20-12(9-18)11-3-1-4-11/h2,5-6,11-12H,1,3-4,7-10H2,(H,16,17,19). The molecule has 1 atom stereocenters. The van der Waals surface area contributed by atoms with Crippen molar-refractivity contribution in [2.24, 2.45) is 5.92 Å². The smallest absolute Gasteiger partial charge is 0.239 e. The number of ether oxygens (including phenoxy) is 1. The molecule has 2 heterocycles. The monoisotopic (exact) mass is 276 g/mol. The van der Waals surface area contributed by atoms with E-state index >= 15 is 0 Å². The molecule has 3 rings (SSSR count). The lowest BCUT2D eigenvalue weighted by atomic mass is 9.80. The molecule has 2 aliphatic rings. The number of hydrogen-bond donors (Lipinski definition) is 1.